The van der Waals surface area contributed by atoms with Gasteiger partial charge in [-0.05, 0) is 6.92 Å². The van der Waals surface area contributed by atoms with Gasteiger partial charge in [-0.15, -0.1) is 0 Å². The van der Waals surface area contributed by atoms with Crippen LogP contribution in [0, 0.1) is 5.41 Å². The van der Waals surface area contributed by atoms with Crippen molar-refractivity contribution in [1.82, 2.24) is 5.32 Å². The minimum Gasteiger partial charge on any atom is -0.464 e. The van der Waals surface area contributed by atoms with Crippen molar-refractivity contribution < 1.29 is 19.4 Å². The van der Waals surface area contributed by atoms with Crippen molar-refractivity contribution in [3.8, 4) is 0 Å². The van der Waals surface area contributed by atoms with Gasteiger partial charge in [0.05, 0.1) is 13.2 Å². The third kappa shape index (κ3) is 8.64. The van der Waals surface area contributed by atoms with Crippen molar-refractivity contribution >= 4 is 5.97 Å². The fourth-order valence-corrected chi connectivity index (χ4v) is 0.985. The second-order valence-electron chi connectivity index (χ2n) is 4.36. The first kappa shape index (κ1) is 15.3. The van der Waals surface area contributed by atoms with E-state index in [0.29, 0.717) is 26.3 Å². The normalized spacial score (nSPS) is 11.5. The number of esters is 1. The minimum absolute atomic E-state index is 0.00108. The van der Waals surface area contributed by atoms with E-state index in [0.717, 1.165) is 0 Å². The van der Waals surface area contributed by atoms with E-state index in [9.17, 15) is 4.79 Å². The van der Waals surface area contributed by atoms with E-state index in [2.05, 4.69) is 5.32 Å². The van der Waals surface area contributed by atoms with Gasteiger partial charge in [-0.25, -0.2) is 4.79 Å². The van der Waals surface area contributed by atoms with Crippen LogP contribution in [0.2, 0.25) is 0 Å². The number of rotatable bonds is 9. The van der Waals surface area contributed by atoms with Gasteiger partial charge in [0, 0.05) is 25.1 Å². The molecule has 0 aromatic rings. The fraction of sp³-hybridized carbons (Fsp3) is 0.909. The highest BCUT2D eigenvalue weighted by atomic mass is 16.6. The maximum Gasteiger partial charge on any atom is 0.332 e. The molecule has 0 rings (SSSR count). The molecule has 16 heavy (non-hydrogen) atoms. The molecule has 5 heteroatoms. The van der Waals surface area contributed by atoms with E-state index in [1.54, 1.807) is 6.92 Å². The number of nitrogens with one attached hydrogen (secondary N) is 1. The summed E-state index contributed by atoms with van der Waals surface area (Å²) in [7, 11) is 0. The summed E-state index contributed by atoms with van der Waals surface area (Å²) >= 11 is 0. The van der Waals surface area contributed by atoms with E-state index in [1.807, 2.05) is 13.8 Å². The summed E-state index contributed by atoms with van der Waals surface area (Å²) < 4.78 is 9.80. The van der Waals surface area contributed by atoms with Gasteiger partial charge in [-0.1, -0.05) is 13.8 Å². The molecule has 0 saturated heterocycles. The second kappa shape index (κ2) is 8.50. The van der Waals surface area contributed by atoms with Crippen LogP contribution >= 0.6 is 0 Å². The first-order valence-corrected chi connectivity index (χ1v) is 5.57. The standard InChI is InChI=1S/C11H23NO4/c1-4-16-10(14)7-15-6-5-12-8-11(2,3)9-13/h12-13H,4-9H2,1-3H3. The second-order valence-corrected chi connectivity index (χ2v) is 4.36. The predicted octanol–water partition coefficient (Wildman–Crippen LogP) is 0.174. The van der Waals surface area contributed by atoms with Crippen molar-refractivity contribution in [3.63, 3.8) is 0 Å². The number of aliphatic hydroxyl groups is 1. The van der Waals surface area contributed by atoms with Crippen LogP contribution in [0.15, 0.2) is 0 Å². The first-order valence-electron chi connectivity index (χ1n) is 5.57. The Hall–Kier alpha value is -0.650. The van der Waals surface area contributed by atoms with Crippen LogP contribution in [0.1, 0.15) is 20.8 Å². The Balaban J connectivity index is 3.31. The van der Waals surface area contributed by atoms with E-state index in [4.69, 9.17) is 14.6 Å². The van der Waals surface area contributed by atoms with Crippen LogP contribution in [0.3, 0.4) is 0 Å². The molecule has 0 amide bonds. The SMILES string of the molecule is CCOC(=O)COCCNCC(C)(C)CO. The predicted molar refractivity (Wildman–Crippen MR) is 61.2 cm³/mol. The van der Waals surface area contributed by atoms with Gasteiger partial charge in [0.15, 0.2) is 0 Å². The van der Waals surface area contributed by atoms with E-state index in [-0.39, 0.29) is 24.6 Å². The van der Waals surface area contributed by atoms with Crippen molar-refractivity contribution in [3.05, 3.63) is 0 Å². The molecular formula is C11H23NO4. The number of hydrogen-bond donors (Lipinski definition) is 2. The lowest BCUT2D eigenvalue weighted by atomic mass is 9.95. The Kier molecular flexibility index (Phi) is 8.15. The third-order valence-corrected chi connectivity index (χ3v) is 1.98. The molecule has 0 fully saturated rings. The summed E-state index contributed by atoms with van der Waals surface area (Å²) in [6, 6.07) is 0. The molecule has 0 spiro atoms. The Labute approximate surface area is 97.1 Å². The number of carbonyl (C=O) groups excluding carboxylic acids is 1. The van der Waals surface area contributed by atoms with Crippen LogP contribution in [-0.2, 0) is 14.3 Å². The van der Waals surface area contributed by atoms with Crippen molar-refractivity contribution in [2.45, 2.75) is 20.8 Å². The smallest absolute Gasteiger partial charge is 0.332 e. The number of ether oxygens (including phenoxy) is 2. The largest absolute Gasteiger partial charge is 0.464 e. The summed E-state index contributed by atoms with van der Waals surface area (Å²) in [5.74, 6) is -0.335. The number of carbonyl (C=O) groups is 1. The highest BCUT2D eigenvalue weighted by Crippen LogP contribution is 2.10. The third-order valence-electron chi connectivity index (χ3n) is 1.98. The molecule has 0 heterocycles. The Bertz CT molecular complexity index is 194. The Morgan fingerprint density at radius 3 is 2.69 bits per heavy atom. The van der Waals surface area contributed by atoms with Gasteiger partial charge in [-0.3, -0.25) is 0 Å². The molecule has 0 atom stereocenters. The van der Waals surface area contributed by atoms with Crippen LogP contribution in [-0.4, -0.2) is 50.6 Å². The van der Waals surface area contributed by atoms with Gasteiger partial charge in [0.1, 0.15) is 6.61 Å². The van der Waals surface area contributed by atoms with E-state index >= 15 is 0 Å². The van der Waals surface area contributed by atoms with Gasteiger partial charge in [-0.2, -0.15) is 0 Å². The van der Waals surface area contributed by atoms with Crippen LogP contribution in [0.25, 0.3) is 0 Å². The molecule has 0 aliphatic heterocycles. The Morgan fingerprint density at radius 2 is 2.12 bits per heavy atom. The average Bonchev–Trinajstić information content (AvgIpc) is 2.23. The Morgan fingerprint density at radius 1 is 1.44 bits per heavy atom. The molecule has 5 nitrogen and oxygen atoms in total. The van der Waals surface area contributed by atoms with Crippen LogP contribution in [0.5, 0.6) is 0 Å². The lowest BCUT2D eigenvalue weighted by Crippen LogP contribution is -2.34. The number of hydrogen-bond acceptors (Lipinski definition) is 5. The molecule has 96 valence electrons. The molecule has 0 saturated carbocycles. The first-order chi connectivity index (χ1) is 7.52. The molecule has 2 N–H and O–H groups in total. The lowest BCUT2D eigenvalue weighted by molar-refractivity contribution is -0.148. The van der Waals surface area contributed by atoms with Crippen molar-refractivity contribution in [2.24, 2.45) is 5.41 Å². The summed E-state index contributed by atoms with van der Waals surface area (Å²) in [5.41, 5.74) is -0.124. The molecule has 0 aliphatic carbocycles. The highest BCUT2D eigenvalue weighted by Gasteiger charge is 2.14. The highest BCUT2D eigenvalue weighted by molar-refractivity contribution is 5.70. The zero-order chi connectivity index (χ0) is 12.4. The average molecular weight is 233 g/mol. The molecule has 0 aromatic heterocycles. The zero-order valence-electron chi connectivity index (χ0n) is 10.4. The zero-order valence-corrected chi connectivity index (χ0v) is 10.4. The lowest BCUT2D eigenvalue weighted by Gasteiger charge is -2.21. The maximum absolute atomic E-state index is 10.9. The molecule has 0 aromatic carbocycles. The quantitative estimate of drug-likeness (QED) is 0.439. The van der Waals surface area contributed by atoms with Gasteiger partial charge < -0.3 is 19.9 Å². The summed E-state index contributed by atoms with van der Waals surface area (Å²) in [6.45, 7) is 8.05. The van der Waals surface area contributed by atoms with Crippen LogP contribution < -0.4 is 5.32 Å². The van der Waals surface area contributed by atoms with Gasteiger partial charge in [0.25, 0.3) is 0 Å². The van der Waals surface area contributed by atoms with Gasteiger partial charge in [0.2, 0.25) is 0 Å². The molecule has 0 unspecified atom stereocenters. The molecular weight excluding hydrogens is 210 g/mol. The topological polar surface area (TPSA) is 67.8 Å². The van der Waals surface area contributed by atoms with E-state index < -0.39 is 0 Å². The summed E-state index contributed by atoms with van der Waals surface area (Å²) in [4.78, 5) is 10.9. The van der Waals surface area contributed by atoms with Gasteiger partial charge >= 0.3 is 5.97 Å². The molecule has 0 bridgehead atoms. The number of aliphatic hydroxyl groups excluding tert-OH is 1. The van der Waals surface area contributed by atoms with Crippen LogP contribution in [0.4, 0.5) is 0 Å². The minimum atomic E-state index is -0.335. The fourth-order valence-electron chi connectivity index (χ4n) is 0.985. The molecule has 0 radical (unpaired) electrons. The monoisotopic (exact) mass is 233 g/mol. The summed E-state index contributed by atoms with van der Waals surface area (Å²) in [5, 5.41) is 12.1. The summed E-state index contributed by atoms with van der Waals surface area (Å²) in [6.07, 6.45) is 0. The van der Waals surface area contributed by atoms with Crippen molar-refractivity contribution in [1.29, 1.82) is 0 Å². The molecule has 0 aliphatic rings. The van der Waals surface area contributed by atoms with Crippen molar-refractivity contribution in [2.75, 3.05) is 39.5 Å². The maximum atomic E-state index is 10.9. The van der Waals surface area contributed by atoms with E-state index in [1.165, 1.54) is 0 Å².